The number of carbonyl (C=O) groups excluding carboxylic acids is 2. The van der Waals surface area contributed by atoms with Gasteiger partial charge in [-0.3, -0.25) is 9.59 Å². The number of nitrogens with two attached hydrogens (primary N) is 2. The molecule has 5 rings (SSSR count). The van der Waals surface area contributed by atoms with E-state index in [9.17, 15) is 9.59 Å². The Morgan fingerprint density at radius 1 is 0.806 bits per heavy atom. The third-order valence-corrected chi connectivity index (χ3v) is 7.51. The van der Waals surface area contributed by atoms with Gasteiger partial charge >= 0.3 is 0 Å². The van der Waals surface area contributed by atoms with E-state index < -0.39 is 0 Å². The first kappa shape index (κ1) is 24.2. The van der Waals surface area contributed by atoms with Crippen molar-refractivity contribution in [3.05, 3.63) is 68.6 Å². The number of anilines is 2. The topological polar surface area (TPSA) is 199 Å². The Balaban J connectivity index is 1.40. The standard InChI is InChI=1S/C22H24Br2N10O2/c23-9-1-13(27-3-9)19(35)29-5-11-12(6-30-20(36)14-2-10(24)4-28-14)18(16-8-32-22(26)34-16)17(11)15-7-31-21(25)33-15/h1-4,7-8,11-12,17-18,27-28H,5-6H2,(H,29,35)(H,30,36)(H3,25,31,33)(H3,26,32,34)/t11-,12-,17-,18+/m1/s1. The zero-order chi connectivity index (χ0) is 25.4. The van der Waals surface area contributed by atoms with Crippen LogP contribution in [0.4, 0.5) is 11.9 Å². The van der Waals surface area contributed by atoms with E-state index in [-0.39, 0.29) is 35.5 Å². The highest BCUT2D eigenvalue weighted by molar-refractivity contribution is 9.10. The number of nitrogen functional groups attached to an aromatic ring is 2. The highest BCUT2D eigenvalue weighted by atomic mass is 79.9. The Labute approximate surface area is 222 Å². The minimum absolute atomic E-state index is 0.0441. The summed E-state index contributed by atoms with van der Waals surface area (Å²) in [5.41, 5.74) is 14.3. The summed E-state index contributed by atoms with van der Waals surface area (Å²) in [6.07, 6.45) is 6.80. The van der Waals surface area contributed by atoms with Gasteiger partial charge in [0.05, 0.1) is 12.4 Å². The van der Waals surface area contributed by atoms with Crippen LogP contribution in [0.5, 0.6) is 0 Å². The molecule has 0 bridgehead atoms. The van der Waals surface area contributed by atoms with Crippen molar-refractivity contribution in [2.45, 2.75) is 11.8 Å². The summed E-state index contributed by atoms with van der Waals surface area (Å²) < 4.78 is 1.58. The molecule has 0 radical (unpaired) electrons. The van der Waals surface area contributed by atoms with Crippen LogP contribution in [0.1, 0.15) is 44.2 Å². The first-order valence-corrected chi connectivity index (χ1v) is 12.7. The minimum atomic E-state index is -0.225. The first-order valence-electron chi connectivity index (χ1n) is 11.1. The summed E-state index contributed by atoms with van der Waals surface area (Å²) in [6.45, 7) is 0.738. The lowest BCUT2D eigenvalue weighted by Gasteiger charge is -2.51. The van der Waals surface area contributed by atoms with E-state index in [0.29, 0.717) is 36.4 Å². The van der Waals surface area contributed by atoms with E-state index in [1.807, 2.05) is 0 Å². The average Bonchev–Trinajstić information content (AvgIpc) is 3.63. The average molecular weight is 620 g/mol. The predicted molar refractivity (Wildman–Crippen MR) is 140 cm³/mol. The Kier molecular flexibility index (Phi) is 6.62. The fourth-order valence-corrected chi connectivity index (χ4v) is 5.66. The number of halogens is 2. The van der Waals surface area contributed by atoms with Gasteiger partial charge in [-0.05, 0) is 55.8 Å². The summed E-state index contributed by atoms with van der Waals surface area (Å²) in [5.74, 6) is -0.0795. The second-order valence-electron chi connectivity index (χ2n) is 8.71. The highest BCUT2D eigenvalue weighted by Crippen LogP contribution is 2.56. The molecule has 4 heterocycles. The van der Waals surface area contributed by atoms with Crippen LogP contribution in [0.3, 0.4) is 0 Å². The van der Waals surface area contributed by atoms with Gasteiger partial charge in [0.2, 0.25) is 0 Å². The minimum Gasteiger partial charge on any atom is -0.369 e. The van der Waals surface area contributed by atoms with Crippen LogP contribution in [-0.2, 0) is 0 Å². The van der Waals surface area contributed by atoms with Gasteiger partial charge in [0.25, 0.3) is 11.8 Å². The molecule has 2 amide bonds. The number of rotatable bonds is 8. The van der Waals surface area contributed by atoms with Crippen molar-refractivity contribution in [1.82, 2.24) is 40.5 Å². The molecule has 14 heteroatoms. The second kappa shape index (κ2) is 9.85. The van der Waals surface area contributed by atoms with Crippen LogP contribution < -0.4 is 22.1 Å². The molecular formula is C22H24Br2N10O2. The largest absolute Gasteiger partial charge is 0.369 e. The fourth-order valence-electron chi connectivity index (χ4n) is 4.98. The van der Waals surface area contributed by atoms with Gasteiger partial charge in [-0.15, -0.1) is 0 Å². The Morgan fingerprint density at radius 3 is 1.53 bits per heavy atom. The van der Waals surface area contributed by atoms with E-state index in [0.717, 1.165) is 20.3 Å². The number of aromatic amines is 4. The van der Waals surface area contributed by atoms with Crippen LogP contribution >= 0.6 is 31.9 Å². The number of H-pyrrole nitrogens is 4. The molecule has 12 nitrogen and oxygen atoms in total. The smallest absolute Gasteiger partial charge is 0.267 e. The molecule has 10 N–H and O–H groups in total. The first-order chi connectivity index (χ1) is 17.3. The Bertz CT molecular complexity index is 1280. The number of carbonyl (C=O) groups is 2. The van der Waals surface area contributed by atoms with Crippen LogP contribution in [0, 0.1) is 11.8 Å². The lowest BCUT2D eigenvalue weighted by atomic mass is 9.54. The molecule has 0 unspecified atom stereocenters. The van der Waals surface area contributed by atoms with Gasteiger partial charge in [0.1, 0.15) is 11.4 Å². The van der Waals surface area contributed by atoms with Gasteiger partial charge in [-0.2, -0.15) is 0 Å². The SMILES string of the molecule is Nc1ncc([C@@H]2[C@H](CNC(=O)c3cc(Br)c[nH]3)[C@@H](CNC(=O)c3cc(Br)c[nH]3)[C@@H]2c2cnc(N)[nH]2)[nH]1. The number of hydrogen-bond donors (Lipinski definition) is 8. The van der Waals surface area contributed by atoms with E-state index in [1.165, 1.54) is 0 Å². The molecule has 188 valence electrons. The number of amides is 2. The molecule has 36 heavy (non-hydrogen) atoms. The van der Waals surface area contributed by atoms with Gasteiger partial charge < -0.3 is 42.0 Å². The van der Waals surface area contributed by atoms with Crippen LogP contribution in [0.2, 0.25) is 0 Å². The maximum atomic E-state index is 12.8. The van der Waals surface area contributed by atoms with E-state index in [4.69, 9.17) is 11.5 Å². The number of nitrogens with zero attached hydrogens (tertiary/aromatic N) is 2. The summed E-state index contributed by atoms with van der Waals surface area (Å²) in [5, 5.41) is 6.04. The van der Waals surface area contributed by atoms with E-state index in [1.54, 1.807) is 36.9 Å². The molecule has 1 aliphatic rings. The summed E-state index contributed by atoms with van der Waals surface area (Å²) in [6, 6.07) is 3.43. The molecule has 1 fully saturated rings. The van der Waals surface area contributed by atoms with Crippen molar-refractivity contribution in [1.29, 1.82) is 0 Å². The molecule has 4 aromatic rings. The third kappa shape index (κ3) is 4.78. The molecular weight excluding hydrogens is 596 g/mol. The molecule has 4 atom stereocenters. The Hall–Kier alpha value is -3.52. The van der Waals surface area contributed by atoms with Gasteiger partial charge in [0, 0.05) is 57.7 Å². The number of imidazole rings is 2. The van der Waals surface area contributed by atoms with Crippen molar-refractivity contribution in [3.63, 3.8) is 0 Å². The van der Waals surface area contributed by atoms with E-state index in [2.05, 4.69) is 72.4 Å². The van der Waals surface area contributed by atoms with Crippen molar-refractivity contribution >= 4 is 55.6 Å². The second-order valence-corrected chi connectivity index (χ2v) is 10.5. The van der Waals surface area contributed by atoms with Crippen LogP contribution in [-0.4, -0.2) is 54.8 Å². The van der Waals surface area contributed by atoms with E-state index >= 15 is 0 Å². The molecule has 1 aliphatic carbocycles. The molecule has 1 saturated carbocycles. The van der Waals surface area contributed by atoms with Crippen LogP contribution in [0.25, 0.3) is 0 Å². The Morgan fingerprint density at radius 2 is 1.22 bits per heavy atom. The maximum Gasteiger partial charge on any atom is 0.267 e. The van der Waals surface area contributed by atoms with Gasteiger partial charge in [0.15, 0.2) is 11.9 Å². The molecule has 0 spiro atoms. The number of hydrogen-bond acceptors (Lipinski definition) is 6. The lowest BCUT2D eigenvalue weighted by molar-refractivity contribution is 0.0674. The van der Waals surface area contributed by atoms with Crippen molar-refractivity contribution in [2.24, 2.45) is 11.8 Å². The maximum absolute atomic E-state index is 12.8. The zero-order valence-electron chi connectivity index (χ0n) is 18.8. The normalized spacial score (nSPS) is 21.2. The fraction of sp³-hybridized carbons (Fsp3) is 0.273. The highest BCUT2D eigenvalue weighted by Gasteiger charge is 2.53. The lowest BCUT2D eigenvalue weighted by Crippen LogP contribution is -2.53. The molecule has 0 aliphatic heterocycles. The predicted octanol–water partition coefficient (Wildman–Crippen LogP) is 2.45. The quantitative estimate of drug-likeness (QED) is 0.149. The van der Waals surface area contributed by atoms with Crippen molar-refractivity contribution in [3.8, 4) is 0 Å². The molecule has 4 aromatic heterocycles. The van der Waals surface area contributed by atoms with Crippen molar-refractivity contribution in [2.75, 3.05) is 24.6 Å². The monoisotopic (exact) mass is 618 g/mol. The molecule has 0 aromatic carbocycles. The number of aromatic nitrogens is 6. The summed E-state index contributed by atoms with van der Waals surface area (Å²) >= 11 is 6.70. The zero-order valence-corrected chi connectivity index (χ0v) is 22.0. The van der Waals surface area contributed by atoms with Crippen molar-refractivity contribution < 1.29 is 9.59 Å². The molecule has 0 saturated heterocycles. The van der Waals surface area contributed by atoms with Crippen LogP contribution in [0.15, 0.2) is 45.9 Å². The van der Waals surface area contributed by atoms with Gasteiger partial charge in [-0.25, -0.2) is 9.97 Å². The summed E-state index contributed by atoms with van der Waals surface area (Å²) in [4.78, 5) is 46.0. The third-order valence-electron chi connectivity index (χ3n) is 6.59. The number of nitrogens with one attached hydrogen (secondary N) is 6. The summed E-state index contributed by atoms with van der Waals surface area (Å²) in [7, 11) is 0. The van der Waals surface area contributed by atoms with Gasteiger partial charge in [-0.1, -0.05) is 0 Å².